The van der Waals surface area contributed by atoms with E-state index in [0.29, 0.717) is 13.2 Å². The van der Waals surface area contributed by atoms with E-state index in [2.05, 4.69) is 19.2 Å². The zero-order valence-electron chi connectivity index (χ0n) is 24.1. The predicted molar refractivity (Wildman–Crippen MR) is 153 cm³/mol. The zero-order chi connectivity index (χ0) is 26.5. The third-order valence-corrected chi connectivity index (χ3v) is 7.10. The lowest BCUT2D eigenvalue weighted by Gasteiger charge is -2.14. The van der Waals surface area contributed by atoms with Gasteiger partial charge >= 0.3 is 11.9 Å². The normalized spacial score (nSPS) is 12.1. The van der Waals surface area contributed by atoms with E-state index < -0.39 is 18.0 Å². The minimum absolute atomic E-state index is 0.0917. The standard InChI is InChI=1S/C31H61NO4/c1-3-5-7-9-11-13-15-16-17-19-21-23-25-27-36-30(33)28-29(31(34)35)32-26-24-22-20-18-14-12-10-8-6-4-2/h29,32H,3-28H2,1-2H3,(H,34,35). The van der Waals surface area contributed by atoms with Crippen molar-refractivity contribution >= 4 is 11.9 Å². The summed E-state index contributed by atoms with van der Waals surface area (Å²) in [5.41, 5.74) is 0. The second-order valence-corrected chi connectivity index (χ2v) is 10.7. The Morgan fingerprint density at radius 3 is 1.33 bits per heavy atom. The predicted octanol–water partition coefficient (Wildman–Crippen LogP) is 8.97. The fraction of sp³-hybridized carbons (Fsp3) is 0.935. The molecule has 0 aliphatic heterocycles. The van der Waals surface area contributed by atoms with Gasteiger partial charge in [0.25, 0.3) is 0 Å². The molecule has 0 bridgehead atoms. The first-order valence-corrected chi connectivity index (χ1v) is 15.7. The molecule has 0 fully saturated rings. The molecular formula is C31H61NO4. The van der Waals surface area contributed by atoms with Crippen molar-refractivity contribution in [1.82, 2.24) is 5.32 Å². The molecule has 2 N–H and O–H groups in total. The number of unbranched alkanes of at least 4 members (excludes halogenated alkanes) is 21. The molecule has 0 saturated heterocycles. The minimum Gasteiger partial charge on any atom is -0.480 e. The van der Waals surface area contributed by atoms with Gasteiger partial charge in [-0.15, -0.1) is 0 Å². The van der Waals surface area contributed by atoms with Crippen LogP contribution >= 0.6 is 0 Å². The van der Waals surface area contributed by atoms with Crippen LogP contribution in [0.2, 0.25) is 0 Å². The number of carboxylic acids is 1. The van der Waals surface area contributed by atoms with Gasteiger partial charge in [0, 0.05) is 0 Å². The Hall–Kier alpha value is -1.10. The van der Waals surface area contributed by atoms with Crippen LogP contribution in [0.4, 0.5) is 0 Å². The Kier molecular flexibility index (Phi) is 27.6. The highest BCUT2D eigenvalue weighted by Gasteiger charge is 2.21. The van der Waals surface area contributed by atoms with Gasteiger partial charge in [-0.1, -0.05) is 149 Å². The maximum atomic E-state index is 12.1. The summed E-state index contributed by atoms with van der Waals surface area (Å²) in [4.78, 5) is 23.5. The quantitative estimate of drug-likeness (QED) is 0.0774. The van der Waals surface area contributed by atoms with Crippen molar-refractivity contribution < 1.29 is 19.4 Å². The largest absolute Gasteiger partial charge is 0.480 e. The summed E-state index contributed by atoms with van der Waals surface area (Å²) in [6, 6.07) is -0.845. The third kappa shape index (κ3) is 26.0. The lowest BCUT2D eigenvalue weighted by molar-refractivity contribution is -0.149. The Bertz CT molecular complexity index is 483. The molecule has 0 spiro atoms. The SMILES string of the molecule is CCCCCCCCCCCCCCCOC(=O)CC(NCCCCCCCCCCCC)C(=O)O. The summed E-state index contributed by atoms with van der Waals surface area (Å²) in [7, 11) is 0. The van der Waals surface area contributed by atoms with Crippen molar-refractivity contribution in [2.24, 2.45) is 0 Å². The number of carbonyl (C=O) groups excluding carboxylic acids is 1. The van der Waals surface area contributed by atoms with Crippen LogP contribution in [-0.4, -0.2) is 36.2 Å². The van der Waals surface area contributed by atoms with Crippen LogP contribution in [0.15, 0.2) is 0 Å². The van der Waals surface area contributed by atoms with Crippen LogP contribution in [0.5, 0.6) is 0 Å². The van der Waals surface area contributed by atoms with Crippen molar-refractivity contribution in [3.63, 3.8) is 0 Å². The summed E-state index contributed by atoms with van der Waals surface area (Å²) >= 11 is 0. The Labute approximate surface area is 223 Å². The van der Waals surface area contributed by atoms with Crippen molar-refractivity contribution in [3.05, 3.63) is 0 Å². The molecule has 0 aromatic carbocycles. The first kappa shape index (κ1) is 34.9. The number of carbonyl (C=O) groups is 2. The molecule has 36 heavy (non-hydrogen) atoms. The molecule has 0 amide bonds. The van der Waals surface area contributed by atoms with Crippen LogP contribution in [0.25, 0.3) is 0 Å². The Morgan fingerprint density at radius 2 is 0.944 bits per heavy atom. The maximum absolute atomic E-state index is 12.1. The summed E-state index contributed by atoms with van der Waals surface area (Å²) in [5, 5.41) is 12.4. The number of carboxylic acid groups (broad SMARTS) is 1. The van der Waals surface area contributed by atoms with Crippen LogP contribution in [0.3, 0.4) is 0 Å². The van der Waals surface area contributed by atoms with E-state index in [4.69, 9.17) is 4.74 Å². The Morgan fingerprint density at radius 1 is 0.583 bits per heavy atom. The molecule has 1 unspecified atom stereocenters. The van der Waals surface area contributed by atoms with Crippen LogP contribution < -0.4 is 5.32 Å². The zero-order valence-corrected chi connectivity index (χ0v) is 24.1. The second-order valence-electron chi connectivity index (χ2n) is 10.7. The van der Waals surface area contributed by atoms with Crippen molar-refractivity contribution in [2.45, 2.75) is 174 Å². The van der Waals surface area contributed by atoms with Gasteiger partial charge in [-0.05, 0) is 19.4 Å². The molecular weight excluding hydrogens is 450 g/mol. The molecule has 0 radical (unpaired) electrons. The highest BCUT2D eigenvalue weighted by atomic mass is 16.5. The van der Waals surface area contributed by atoms with E-state index >= 15 is 0 Å². The van der Waals surface area contributed by atoms with Gasteiger partial charge < -0.3 is 15.2 Å². The topological polar surface area (TPSA) is 75.6 Å². The van der Waals surface area contributed by atoms with Gasteiger partial charge in [-0.3, -0.25) is 9.59 Å². The average molecular weight is 512 g/mol. The van der Waals surface area contributed by atoms with Crippen molar-refractivity contribution in [3.8, 4) is 0 Å². The monoisotopic (exact) mass is 511 g/mol. The average Bonchev–Trinajstić information content (AvgIpc) is 2.86. The van der Waals surface area contributed by atoms with E-state index in [9.17, 15) is 14.7 Å². The van der Waals surface area contributed by atoms with E-state index in [1.165, 1.54) is 122 Å². The second kappa shape index (κ2) is 28.5. The smallest absolute Gasteiger partial charge is 0.321 e. The van der Waals surface area contributed by atoms with Gasteiger partial charge in [0.1, 0.15) is 6.04 Å². The lowest BCUT2D eigenvalue weighted by atomic mass is 10.0. The Balaban J connectivity index is 3.55. The molecule has 0 aromatic rings. The molecule has 214 valence electrons. The minimum atomic E-state index is -0.972. The highest BCUT2D eigenvalue weighted by Crippen LogP contribution is 2.13. The van der Waals surface area contributed by atoms with E-state index in [0.717, 1.165) is 25.7 Å². The number of ether oxygens (including phenoxy) is 1. The lowest BCUT2D eigenvalue weighted by Crippen LogP contribution is -2.39. The first-order valence-electron chi connectivity index (χ1n) is 15.7. The highest BCUT2D eigenvalue weighted by molar-refractivity contribution is 5.81. The van der Waals surface area contributed by atoms with Crippen molar-refractivity contribution in [2.75, 3.05) is 13.2 Å². The third-order valence-electron chi connectivity index (χ3n) is 7.10. The van der Waals surface area contributed by atoms with Gasteiger partial charge in [0.05, 0.1) is 13.0 Å². The number of nitrogens with one attached hydrogen (secondary N) is 1. The first-order chi connectivity index (χ1) is 17.6. The summed E-state index contributed by atoms with van der Waals surface area (Å²) in [6.07, 6.45) is 29.1. The molecule has 5 heteroatoms. The molecule has 1 atom stereocenters. The van der Waals surface area contributed by atoms with Gasteiger partial charge in [0.2, 0.25) is 0 Å². The number of esters is 1. The summed E-state index contributed by atoms with van der Waals surface area (Å²) in [6.45, 7) is 5.55. The van der Waals surface area contributed by atoms with Crippen molar-refractivity contribution in [1.29, 1.82) is 0 Å². The summed E-state index contributed by atoms with van der Waals surface area (Å²) < 4.78 is 5.29. The fourth-order valence-electron chi connectivity index (χ4n) is 4.67. The molecule has 0 heterocycles. The van der Waals surface area contributed by atoms with Crippen LogP contribution in [0, 0.1) is 0 Å². The van der Waals surface area contributed by atoms with E-state index in [1.807, 2.05) is 0 Å². The molecule has 0 aliphatic carbocycles. The number of aliphatic carboxylic acids is 1. The van der Waals surface area contributed by atoms with E-state index in [1.54, 1.807) is 0 Å². The van der Waals surface area contributed by atoms with Crippen LogP contribution in [-0.2, 0) is 14.3 Å². The van der Waals surface area contributed by atoms with E-state index in [-0.39, 0.29) is 6.42 Å². The molecule has 0 aromatic heterocycles. The molecule has 0 saturated carbocycles. The molecule has 5 nitrogen and oxygen atoms in total. The number of rotatable bonds is 29. The molecule has 0 aliphatic rings. The van der Waals surface area contributed by atoms with Gasteiger partial charge in [0.15, 0.2) is 0 Å². The fourth-order valence-corrected chi connectivity index (χ4v) is 4.67. The summed E-state index contributed by atoms with van der Waals surface area (Å²) in [5.74, 6) is -1.38. The number of hydrogen-bond donors (Lipinski definition) is 2. The molecule has 0 rings (SSSR count). The number of hydrogen-bond acceptors (Lipinski definition) is 4. The van der Waals surface area contributed by atoms with Crippen LogP contribution in [0.1, 0.15) is 168 Å². The van der Waals surface area contributed by atoms with Gasteiger partial charge in [-0.25, -0.2) is 0 Å². The maximum Gasteiger partial charge on any atom is 0.321 e. The van der Waals surface area contributed by atoms with Gasteiger partial charge in [-0.2, -0.15) is 0 Å².